The van der Waals surface area contributed by atoms with Gasteiger partial charge in [0.15, 0.2) is 0 Å². The summed E-state index contributed by atoms with van der Waals surface area (Å²) in [5.74, 6) is 0. The molecule has 0 aromatic rings. The minimum Gasteiger partial charge on any atom is -0.394 e. The van der Waals surface area contributed by atoms with Crippen molar-refractivity contribution >= 4 is 10.0 Å². The van der Waals surface area contributed by atoms with Gasteiger partial charge in [0.1, 0.15) is 24.4 Å². The van der Waals surface area contributed by atoms with E-state index in [1.165, 1.54) is 25.7 Å². The monoisotopic (exact) mass is 399 g/mol. The first kappa shape index (κ1) is 23.7. The van der Waals surface area contributed by atoms with Gasteiger partial charge in [-0.2, -0.15) is 0 Å². The molecule has 26 heavy (non-hydrogen) atoms. The fourth-order valence-electron chi connectivity index (χ4n) is 2.75. The molecule has 1 aliphatic rings. The minimum atomic E-state index is -4.12. The lowest BCUT2D eigenvalue weighted by molar-refractivity contribution is -0.207. The Bertz CT molecular complexity index is 473. The summed E-state index contributed by atoms with van der Waals surface area (Å²) in [4.78, 5) is 0. The van der Waals surface area contributed by atoms with Gasteiger partial charge in [-0.1, -0.05) is 39.0 Å². The van der Waals surface area contributed by atoms with Crippen LogP contribution in [-0.4, -0.2) is 85.1 Å². The fraction of sp³-hybridized carbons (Fsp3) is 1.00. The molecule has 5 atom stereocenters. The largest absolute Gasteiger partial charge is 0.394 e. The number of hydrogen-bond acceptors (Lipinski definition) is 8. The SMILES string of the molecule is CCCCCCCCOCCNS(=O)(=O)[C@@H]1O[C@H](CO)[C@H](O)[C@H](O)[C@H]1O. The maximum atomic E-state index is 12.2. The molecule has 10 heteroatoms. The van der Waals surface area contributed by atoms with Gasteiger partial charge in [0.25, 0.3) is 0 Å². The highest BCUT2D eigenvalue weighted by Crippen LogP contribution is 2.24. The van der Waals surface area contributed by atoms with Crippen LogP contribution in [0.15, 0.2) is 0 Å². The normalized spacial score (nSPS) is 29.8. The van der Waals surface area contributed by atoms with E-state index < -0.39 is 46.5 Å². The predicted molar refractivity (Wildman–Crippen MR) is 94.9 cm³/mol. The van der Waals surface area contributed by atoms with Gasteiger partial charge in [0, 0.05) is 13.2 Å². The van der Waals surface area contributed by atoms with E-state index in [1.54, 1.807) is 0 Å². The fourth-order valence-corrected chi connectivity index (χ4v) is 4.10. The zero-order valence-electron chi connectivity index (χ0n) is 15.3. The third-order valence-corrected chi connectivity index (χ3v) is 5.95. The Kier molecular flexibility index (Phi) is 11.1. The van der Waals surface area contributed by atoms with Gasteiger partial charge in [-0.25, -0.2) is 13.1 Å². The summed E-state index contributed by atoms with van der Waals surface area (Å²) in [6.07, 6.45) is 0.406. The molecule has 0 aromatic carbocycles. The summed E-state index contributed by atoms with van der Waals surface area (Å²) in [7, 11) is -4.12. The van der Waals surface area contributed by atoms with E-state index in [1.807, 2.05) is 0 Å². The Morgan fingerprint density at radius 1 is 0.962 bits per heavy atom. The molecule has 0 spiro atoms. The average Bonchev–Trinajstić information content (AvgIpc) is 2.61. The zero-order valence-corrected chi connectivity index (χ0v) is 16.1. The maximum absolute atomic E-state index is 12.2. The standard InChI is InChI=1S/C16H33NO8S/c1-2-3-4-5-6-7-9-24-10-8-17-26(22,23)16-15(21)14(20)13(19)12(11-18)25-16/h12-21H,2-11H2,1H3/t12-,13+,14+,15-,16+/m1/s1. The second-order valence-electron chi connectivity index (χ2n) is 6.52. The van der Waals surface area contributed by atoms with Crippen LogP contribution >= 0.6 is 0 Å². The van der Waals surface area contributed by atoms with Crippen molar-refractivity contribution in [3.63, 3.8) is 0 Å². The summed E-state index contributed by atoms with van der Waals surface area (Å²) >= 11 is 0. The van der Waals surface area contributed by atoms with Crippen LogP contribution in [0.3, 0.4) is 0 Å². The summed E-state index contributed by atoms with van der Waals surface area (Å²) in [5, 5.41) is 38.3. The summed E-state index contributed by atoms with van der Waals surface area (Å²) in [6.45, 7) is 2.19. The highest BCUT2D eigenvalue weighted by atomic mass is 32.2. The molecule has 1 rings (SSSR count). The van der Waals surface area contributed by atoms with Crippen molar-refractivity contribution in [3.05, 3.63) is 0 Å². The third kappa shape index (κ3) is 7.35. The number of aliphatic hydroxyl groups is 4. The van der Waals surface area contributed by atoms with E-state index in [-0.39, 0.29) is 13.2 Å². The van der Waals surface area contributed by atoms with E-state index in [0.717, 1.165) is 12.8 Å². The topological polar surface area (TPSA) is 146 Å². The van der Waals surface area contributed by atoms with Crippen LogP contribution in [0.5, 0.6) is 0 Å². The molecule has 156 valence electrons. The van der Waals surface area contributed by atoms with Crippen LogP contribution in [0, 0.1) is 0 Å². The lowest BCUT2D eigenvalue weighted by atomic mass is 10.0. The molecule has 1 saturated heterocycles. The Labute approximate surface area is 155 Å². The quantitative estimate of drug-likeness (QED) is 0.250. The predicted octanol–water partition coefficient (Wildman–Crippen LogP) is -0.917. The second-order valence-corrected chi connectivity index (χ2v) is 8.36. The Morgan fingerprint density at radius 2 is 1.62 bits per heavy atom. The molecule has 1 aliphatic heterocycles. The molecule has 1 fully saturated rings. The molecule has 0 aromatic heterocycles. The van der Waals surface area contributed by atoms with E-state index in [4.69, 9.17) is 14.6 Å². The van der Waals surface area contributed by atoms with Gasteiger partial charge in [-0.05, 0) is 6.42 Å². The van der Waals surface area contributed by atoms with Crippen molar-refractivity contribution in [3.8, 4) is 0 Å². The molecule has 1 heterocycles. The molecule has 0 amide bonds. The molecular weight excluding hydrogens is 366 g/mol. The van der Waals surface area contributed by atoms with Gasteiger partial charge < -0.3 is 29.9 Å². The summed E-state index contributed by atoms with van der Waals surface area (Å²) in [6, 6.07) is 0. The minimum absolute atomic E-state index is 0.00676. The van der Waals surface area contributed by atoms with E-state index in [0.29, 0.717) is 6.61 Å². The van der Waals surface area contributed by atoms with E-state index in [2.05, 4.69) is 11.6 Å². The molecule has 5 N–H and O–H groups in total. The highest BCUT2D eigenvalue weighted by Gasteiger charge is 2.48. The number of rotatable bonds is 13. The van der Waals surface area contributed by atoms with E-state index >= 15 is 0 Å². The second kappa shape index (κ2) is 12.2. The van der Waals surface area contributed by atoms with Crippen molar-refractivity contribution in [2.75, 3.05) is 26.4 Å². The van der Waals surface area contributed by atoms with Crippen molar-refractivity contribution < 1.29 is 38.3 Å². The Morgan fingerprint density at radius 3 is 2.27 bits per heavy atom. The van der Waals surface area contributed by atoms with Gasteiger partial charge in [-0.15, -0.1) is 0 Å². The van der Waals surface area contributed by atoms with Crippen LogP contribution in [0.2, 0.25) is 0 Å². The average molecular weight is 400 g/mol. The first-order valence-electron chi connectivity index (χ1n) is 9.21. The highest BCUT2D eigenvalue weighted by molar-refractivity contribution is 7.90. The first-order valence-corrected chi connectivity index (χ1v) is 10.8. The smallest absolute Gasteiger partial charge is 0.241 e. The van der Waals surface area contributed by atoms with Crippen molar-refractivity contribution in [1.29, 1.82) is 0 Å². The number of sulfonamides is 1. The van der Waals surface area contributed by atoms with Gasteiger partial charge in [0.2, 0.25) is 15.5 Å². The van der Waals surface area contributed by atoms with Crippen LogP contribution in [0.25, 0.3) is 0 Å². The number of nitrogens with one attached hydrogen (secondary N) is 1. The van der Waals surface area contributed by atoms with Crippen LogP contribution < -0.4 is 4.72 Å². The molecular formula is C16H33NO8S. The Hall–Kier alpha value is -0.330. The summed E-state index contributed by atoms with van der Waals surface area (Å²) < 4.78 is 37.1. The number of aliphatic hydroxyl groups excluding tert-OH is 4. The number of unbranched alkanes of at least 4 members (excludes halogenated alkanes) is 5. The van der Waals surface area contributed by atoms with Crippen molar-refractivity contribution in [2.24, 2.45) is 0 Å². The third-order valence-electron chi connectivity index (χ3n) is 4.35. The van der Waals surface area contributed by atoms with Crippen molar-refractivity contribution in [2.45, 2.75) is 75.3 Å². The van der Waals surface area contributed by atoms with Gasteiger partial charge >= 0.3 is 0 Å². The molecule has 0 unspecified atom stereocenters. The molecule has 0 aliphatic carbocycles. The first-order chi connectivity index (χ1) is 12.3. The summed E-state index contributed by atoms with van der Waals surface area (Å²) in [5.41, 5.74) is -1.78. The van der Waals surface area contributed by atoms with Crippen LogP contribution in [0.4, 0.5) is 0 Å². The van der Waals surface area contributed by atoms with Crippen molar-refractivity contribution in [1.82, 2.24) is 4.72 Å². The number of ether oxygens (including phenoxy) is 2. The molecule has 0 radical (unpaired) electrons. The van der Waals surface area contributed by atoms with Crippen LogP contribution in [-0.2, 0) is 19.5 Å². The lowest BCUT2D eigenvalue weighted by Gasteiger charge is -2.39. The van der Waals surface area contributed by atoms with Crippen LogP contribution in [0.1, 0.15) is 45.4 Å². The molecule has 9 nitrogen and oxygen atoms in total. The van der Waals surface area contributed by atoms with Gasteiger partial charge in [-0.3, -0.25) is 0 Å². The van der Waals surface area contributed by atoms with Gasteiger partial charge in [0.05, 0.1) is 13.2 Å². The van der Waals surface area contributed by atoms with E-state index in [9.17, 15) is 23.7 Å². The molecule has 0 saturated carbocycles. The molecule has 0 bridgehead atoms. The number of hydrogen-bond donors (Lipinski definition) is 5. The zero-order chi connectivity index (χ0) is 19.6. The lowest BCUT2D eigenvalue weighted by Crippen LogP contribution is -2.62. The Balaban J connectivity index is 2.29. The maximum Gasteiger partial charge on any atom is 0.241 e.